The SMILES string of the molecule is CCNC(=NCC(C)c1cccs1)NCCCS(C)(=O)=O.I. The first-order valence-electron chi connectivity index (χ1n) is 7.15. The quantitative estimate of drug-likeness (QED) is 0.271. The summed E-state index contributed by atoms with van der Waals surface area (Å²) in [5.41, 5.74) is 0. The lowest BCUT2D eigenvalue weighted by atomic mass is 10.1. The van der Waals surface area contributed by atoms with Crippen LogP contribution in [0, 0.1) is 0 Å². The van der Waals surface area contributed by atoms with Gasteiger partial charge in [0, 0.05) is 30.1 Å². The van der Waals surface area contributed by atoms with Crippen LogP contribution in [0.15, 0.2) is 22.5 Å². The molecule has 0 spiro atoms. The van der Waals surface area contributed by atoms with Crippen molar-refractivity contribution in [2.24, 2.45) is 4.99 Å². The zero-order valence-corrected chi connectivity index (χ0v) is 17.3. The van der Waals surface area contributed by atoms with E-state index >= 15 is 0 Å². The maximum atomic E-state index is 11.1. The summed E-state index contributed by atoms with van der Waals surface area (Å²) >= 11 is 1.74. The van der Waals surface area contributed by atoms with Crippen molar-refractivity contribution in [1.82, 2.24) is 10.6 Å². The molecule has 0 aliphatic carbocycles. The first-order valence-corrected chi connectivity index (χ1v) is 10.1. The Morgan fingerprint density at radius 3 is 2.68 bits per heavy atom. The number of aliphatic imine (C=N–C) groups is 1. The van der Waals surface area contributed by atoms with Crippen molar-refractivity contribution in [2.75, 3.05) is 31.6 Å². The second kappa shape index (κ2) is 11.2. The van der Waals surface area contributed by atoms with Gasteiger partial charge in [-0.2, -0.15) is 0 Å². The largest absolute Gasteiger partial charge is 0.357 e. The number of nitrogens with zero attached hydrogens (tertiary/aromatic N) is 1. The van der Waals surface area contributed by atoms with Crippen LogP contribution in [0.25, 0.3) is 0 Å². The van der Waals surface area contributed by atoms with Gasteiger partial charge in [0.15, 0.2) is 5.96 Å². The Hall–Kier alpha value is -0.350. The highest BCUT2D eigenvalue weighted by atomic mass is 127. The number of sulfone groups is 1. The highest BCUT2D eigenvalue weighted by molar-refractivity contribution is 14.0. The number of halogens is 1. The predicted octanol–water partition coefficient (Wildman–Crippen LogP) is 2.46. The lowest BCUT2D eigenvalue weighted by Gasteiger charge is -2.12. The molecule has 0 radical (unpaired) electrons. The molecule has 128 valence electrons. The summed E-state index contributed by atoms with van der Waals surface area (Å²) in [4.78, 5) is 5.88. The van der Waals surface area contributed by atoms with Gasteiger partial charge in [-0.3, -0.25) is 4.99 Å². The molecule has 1 aromatic rings. The van der Waals surface area contributed by atoms with Gasteiger partial charge in [-0.25, -0.2) is 8.42 Å². The van der Waals surface area contributed by atoms with Gasteiger partial charge >= 0.3 is 0 Å². The molecule has 0 aliphatic rings. The molecule has 22 heavy (non-hydrogen) atoms. The normalized spacial score (nSPS) is 13.3. The van der Waals surface area contributed by atoms with Crippen molar-refractivity contribution in [2.45, 2.75) is 26.2 Å². The molecule has 0 aromatic carbocycles. The summed E-state index contributed by atoms with van der Waals surface area (Å²) in [7, 11) is -2.89. The summed E-state index contributed by atoms with van der Waals surface area (Å²) in [6.07, 6.45) is 1.85. The standard InChI is InChI=1S/C14H25N3O2S2.HI/c1-4-15-14(16-8-6-10-21(3,18)19)17-11-12(2)13-7-5-9-20-13;/h5,7,9,12H,4,6,8,10-11H2,1-3H3,(H2,15,16,17);1H. The topological polar surface area (TPSA) is 70.6 Å². The summed E-state index contributed by atoms with van der Waals surface area (Å²) < 4.78 is 22.2. The number of thiophene rings is 1. The fraction of sp³-hybridized carbons (Fsp3) is 0.643. The third kappa shape index (κ3) is 9.62. The first kappa shape index (κ1) is 21.6. The highest BCUT2D eigenvalue weighted by Crippen LogP contribution is 2.20. The average Bonchev–Trinajstić information content (AvgIpc) is 2.93. The number of rotatable bonds is 8. The van der Waals surface area contributed by atoms with E-state index in [9.17, 15) is 8.42 Å². The van der Waals surface area contributed by atoms with Gasteiger partial charge in [-0.1, -0.05) is 13.0 Å². The summed E-state index contributed by atoms with van der Waals surface area (Å²) in [6, 6.07) is 4.17. The number of hydrogen-bond acceptors (Lipinski definition) is 4. The van der Waals surface area contributed by atoms with Gasteiger partial charge in [0.1, 0.15) is 9.84 Å². The molecule has 1 aromatic heterocycles. The van der Waals surface area contributed by atoms with E-state index in [1.54, 1.807) is 11.3 Å². The number of guanidine groups is 1. The smallest absolute Gasteiger partial charge is 0.191 e. The number of hydrogen-bond donors (Lipinski definition) is 2. The average molecular weight is 459 g/mol. The molecule has 1 heterocycles. The minimum atomic E-state index is -2.89. The third-order valence-corrected chi connectivity index (χ3v) is 5.01. The Labute approximate surface area is 154 Å². The van der Waals surface area contributed by atoms with Gasteiger partial charge in [0.25, 0.3) is 0 Å². The van der Waals surface area contributed by atoms with E-state index in [-0.39, 0.29) is 29.7 Å². The van der Waals surface area contributed by atoms with Crippen molar-refractivity contribution in [3.8, 4) is 0 Å². The summed E-state index contributed by atoms with van der Waals surface area (Å²) in [5, 5.41) is 8.42. The molecule has 0 amide bonds. The number of nitrogens with one attached hydrogen (secondary N) is 2. The van der Waals surface area contributed by atoms with Crippen LogP contribution in [0.1, 0.15) is 31.1 Å². The van der Waals surface area contributed by atoms with Crippen LogP contribution in [0.3, 0.4) is 0 Å². The second-order valence-corrected chi connectivity index (χ2v) is 8.29. The van der Waals surface area contributed by atoms with Gasteiger partial charge in [0.2, 0.25) is 0 Å². The Morgan fingerprint density at radius 2 is 2.14 bits per heavy atom. The zero-order chi connectivity index (χ0) is 15.7. The molecule has 1 unspecified atom stereocenters. The third-order valence-electron chi connectivity index (χ3n) is 2.88. The van der Waals surface area contributed by atoms with Crippen LogP contribution in [0.4, 0.5) is 0 Å². The van der Waals surface area contributed by atoms with Crippen LogP contribution in [0.5, 0.6) is 0 Å². The molecule has 1 atom stereocenters. The van der Waals surface area contributed by atoms with E-state index < -0.39 is 9.84 Å². The Kier molecular flexibility index (Phi) is 11.0. The lowest BCUT2D eigenvalue weighted by molar-refractivity contribution is 0.598. The molecule has 0 saturated heterocycles. The van der Waals surface area contributed by atoms with Gasteiger partial charge in [0.05, 0.1) is 12.3 Å². The molecule has 0 aliphatic heterocycles. The van der Waals surface area contributed by atoms with Gasteiger partial charge in [-0.05, 0) is 24.8 Å². The van der Waals surface area contributed by atoms with E-state index in [1.165, 1.54) is 11.1 Å². The molecule has 0 saturated carbocycles. The van der Waals surface area contributed by atoms with E-state index in [0.29, 0.717) is 25.4 Å². The van der Waals surface area contributed by atoms with Crippen LogP contribution in [0.2, 0.25) is 0 Å². The Bertz CT molecular complexity index is 530. The second-order valence-electron chi connectivity index (χ2n) is 5.05. The Morgan fingerprint density at radius 1 is 1.41 bits per heavy atom. The molecule has 0 fully saturated rings. The van der Waals surface area contributed by atoms with Gasteiger partial charge in [-0.15, -0.1) is 35.3 Å². The van der Waals surface area contributed by atoms with Crippen molar-refractivity contribution < 1.29 is 8.42 Å². The van der Waals surface area contributed by atoms with Crippen molar-refractivity contribution in [3.05, 3.63) is 22.4 Å². The lowest BCUT2D eigenvalue weighted by Crippen LogP contribution is -2.38. The van der Waals surface area contributed by atoms with Crippen LogP contribution in [-0.2, 0) is 9.84 Å². The Balaban J connectivity index is 0.00000441. The molecule has 2 N–H and O–H groups in total. The molecule has 8 heteroatoms. The predicted molar refractivity (Wildman–Crippen MR) is 106 cm³/mol. The monoisotopic (exact) mass is 459 g/mol. The maximum absolute atomic E-state index is 11.1. The van der Waals surface area contributed by atoms with Crippen molar-refractivity contribution in [1.29, 1.82) is 0 Å². The molecule has 5 nitrogen and oxygen atoms in total. The minimum absolute atomic E-state index is 0. The van der Waals surface area contributed by atoms with Crippen LogP contribution < -0.4 is 10.6 Å². The molecular formula is C14H26IN3O2S2. The van der Waals surface area contributed by atoms with Crippen LogP contribution >= 0.6 is 35.3 Å². The molecule has 1 rings (SSSR count). The minimum Gasteiger partial charge on any atom is -0.357 e. The highest BCUT2D eigenvalue weighted by Gasteiger charge is 2.07. The van der Waals surface area contributed by atoms with Crippen molar-refractivity contribution >= 4 is 51.1 Å². The fourth-order valence-electron chi connectivity index (χ4n) is 1.77. The van der Waals surface area contributed by atoms with Crippen molar-refractivity contribution in [3.63, 3.8) is 0 Å². The maximum Gasteiger partial charge on any atom is 0.191 e. The van der Waals surface area contributed by atoms with E-state index in [0.717, 1.165) is 12.5 Å². The first-order chi connectivity index (χ1) is 9.92. The van der Waals surface area contributed by atoms with Gasteiger partial charge < -0.3 is 10.6 Å². The van der Waals surface area contributed by atoms with Crippen LogP contribution in [-0.4, -0.2) is 46.0 Å². The zero-order valence-electron chi connectivity index (χ0n) is 13.3. The fourth-order valence-corrected chi connectivity index (χ4v) is 3.22. The summed E-state index contributed by atoms with van der Waals surface area (Å²) in [6.45, 7) is 6.26. The van der Waals surface area contributed by atoms with E-state index in [1.807, 2.05) is 6.92 Å². The molecule has 0 bridgehead atoms. The molecular weight excluding hydrogens is 433 g/mol. The van der Waals surface area contributed by atoms with E-state index in [2.05, 4.69) is 40.1 Å². The van der Waals surface area contributed by atoms with E-state index in [4.69, 9.17) is 0 Å². The summed E-state index contributed by atoms with van der Waals surface area (Å²) in [5.74, 6) is 1.33.